The molecule has 0 bridgehead atoms. The zero-order valence-corrected chi connectivity index (χ0v) is 15.9. The van der Waals surface area contributed by atoms with Gasteiger partial charge in [0.15, 0.2) is 5.75 Å². The van der Waals surface area contributed by atoms with Crippen molar-refractivity contribution in [3.63, 3.8) is 0 Å². The fourth-order valence-electron chi connectivity index (χ4n) is 2.93. The predicted molar refractivity (Wildman–Crippen MR) is 112 cm³/mol. The molecule has 0 aliphatic rings. The van der Waals surface area contributed by atoms with Crippen LogP contribution in [-0.2, 0) is 4.84 Å². The lowest BCUT2D eigenvalue weighted by molar-refractivity contribution is 0.0230. The molecule has 0 saturated heterocycles. The first-order valence-corrected chi connectivity index (χ1v) is 9.28. The van der Waals surface area contributed by atoms with Crippen molar-refractivity contribution in [1.29, 1.82) is 0 Å². The Morgan fingerprint density at radius 1 is 0.733 bits per heavy atom. The molecular formula is C24H18N2O4. The minimum Gasteiger partial charge on any atom is -0.455 e. The summed E-state index contributed by atoms with van der Waals surface area (Å²) in [5.41, 5.74) is 3.39. The largest absolute Gasteiger partial charge is 0.455 e. The van der Waals surface area contributed by atoms with Gasteiger partial charge in [0.1, 0.15) is 11.4 Å². The molecule has 6 heteroatoms. The number of hydrogen-bond acceptors (Lipinski definition) is 4. The highest BCUT2D eigenvalue weighted by Gasteiger charge is 2.19. The molecule has 0 atom stereocenters. The second kappa shape index (κ2) is 8.79. The molecule has 1 N–H and O–H groups in total. The van der Waals surface area contributed by atoms with E-state index in [-0.39, 0.29) is 0 Å². The van der Waals surface area contributed by atoms with Crippen LogP contribution in [0.1, 0.15) is 20.7 Å². The average molecular weight is 398 g/mol. The van der Waals surface area contributed by atoms with Crippen LogP contribution in [0.5, 0.6) is 11.5 Å². The molecule has 3 aromatic carbocycles. The summed E-state index contributed by atoms with van der Waals surface area (Å²) >= 11 is 0. The van der Waals surface area contributed by atoms with Crippen molar-refractivity contribution in [2.24, 2.45) is 0 Å². The number of para-hydroxylation sites is 2. The van der Waals surface area contributed by atoms with E-state index >= 15 is 0 Å². The average Bonchev–Trinajstić information content (AvgIpc) is 3.33. The number of carbonyl (C=O) groups is 2. The molecule has 0 radical (unpaired) electrons. The lowest BCUT2D eigenvalue weighted by Crippen LogP contribution is -2.28. The van der Waals surface area contributed by atoms with Crippen LogP contribution in [0.3, 0.4) is 0 Å². The zero-order chi connectivity index (χ0) is 20.8. The Bertz CT molecular complexity index is 1140. The molecule has 1 aromatic heterocycles. The number of aromatic nitrogens is 1. The molecule has 6 nitrogen and oxygen atoms in total. The lowest BCUT2D eigenvalue weighted by Gasteiger charge is -2.16. The first-order valence-electron chi connectivity index (χ1n) is 9.28. The molecule has 4 rings (SSSR count). The number of hydrogen-bond donors (Lipinski definition) is 1. The Kier molecular flexibility index (Phi) is 5.57. The van der Waals surface area contributed by atoms with Crippen molar-refractivity contribution in [3.8, 4) is 17.2 Å². The van der Waals surface area contributed by atoms with Crippen LogP contribution in [0.15, 0.2) is 103 Å². The van der Waals surface area contributed by atoms with E-state index in [1.54, 1.807) is 65.5 Å². The van der Waals surface area contributed by atoms with Gasteiger partial charge >= 0.3 is 5.97 Å². The van der Waals surface area contributed by atoms with E-state index in [1.807, 2.05) is 42.5 Å². The van der Waals surface area contributed by atoms with E-state index in [1.165, 1.54) is 0 Å². The maximum Gasteiger partial charge on any atom is 0.362 e. The highest BCUT2D eigenvalue weighted by molar-refractivity contribution is 5.99. The monoisotopic (exact) mass is 398 g/mol. The van der Waals surface area contributed by atoms with Crippen LogP contribution >= 0.6 is 0 Å². The molecular weight excluding hydrogens is 380 g/mol. The van der Waals surface area contributed by atoms with E-state index in [0.29, 0.717) is 28.3 Å². The number of benzene rings is 3. The normalized spacial score (nSPS) is 10.3. The number of amides is 1. The second-order valence-corrected chi connectivity index (χ2v) is 6.34. The SMILES string of the molecule is O=C(ONC(=O)c1cccc(Oc2ccccc2)c1-n1cccc1)c1ccccc1. The third-order valence-electron chi connectivity index (χ3n) is 4.32. The smallest absolute Gasteiger partial charge is 0.362 e. The summed E-state index contributed by atoms with van der Waals surface area (Å²) in [6.07, 6.45) is 3.61. The van der Waals surface area contributed by atoms with Gasteiger partial charge in [-0.15, -0.1) is 0 Å². The van der Waals surface area contributed by atoms with Crippen molar-refractivity contribution in [2.45, 2.75) is 0 Å². The molecule has 0 unspecified atom stereocenters. The van der Waals surface area contributed by atoms with E-state index in [4.69, 9.17) is 9.57 Å². The summed E-state index contributed by atoms with van der Waals surface area (Å²) in [5, 5.41) is 0. The third-order valence-corrected chi connectivity index (χ3v) is 4.32. The maximum atomic E-state index is 12.8. The van der Waals surface area contributed by atoms with Crippen molar-refractivity contribution in [1.82, 2.24) is 10.0 Å². The summed E-state index contributed by atoms with van der Waals surface area (Å²) in [7, 11) is 0. The van der Waals surface area contributed by atoms with Crippen LogP contribution < -0.4 is 10.2 Å². The van der Waals surface area contributed by atoms with Crippen molar-refractivity contribution >= 4 is 11.9 Å². The lowest BCUT2D eigenvalue weighted by atomic mass is 10.1. The van der Waals surface area contributed by atoms with Gasteiger partial charge in [0.25, 0.3) is 5.91 Å². The number of ether oxygens (including phenoxy) is 1. The van der Waals surface area contributed by atoms with Gasteiger partial charge in [-0.25, -0.2) is 4.79 Å². The first kappa shape index (κ1) is 19.0. The zero-order valence-electron chi connectivity index (χ0n) is 15.9. The number of nitrogens with one attached hydrogen (secondary N) is 1. The molecule has 4 aromatic rings. The van der Waals surface area contributed by atoms with Gasteiger partial charge in [-0.1, -0.05) is 42.5 Å². The summed E-state index contributed by atoms with van der Waals surface area (Å²) in [5.74, 6) is -0.0944. The molecule has 148 valence electrons. The Morgan fingerprint density at radius 3 is 2.10 bits per heavy atom. The summed E-state index contributed by atoms with van der Waals surface area (Å²) in [6.45, 7) is 0. The fraction of sp³-hybridized carbons (Fsp3) is 0. The summed E-state index contributed by atoms with van der Waals surface area (Å²) in [4.78, 5) is 30.0. The van der Waals surface area contributed by atoms with Gasteiger partial charge in [0.2, 0.25) is 0 Å². The number of rotatable bonds is 5. The summed E-state index contributed by atoms with van der Waals surface area (Å²) < 4.78 is 7.78. The minimum atomic E-state index is -0.650. The van der Waals surface area contributed by atoms with Gasteiger partial charge in [0, 0.05) is 12.4 Å². The van der Waals surface area contributed by atoms with Crippen molar-refractivity contribution in [3.05, 3.63) is 115 Å². The van der Waals surface area contributed by atoms with Gasteiger partial charge in [0.05, 0.1) is 11.1 Å². The van der Waals surface area contributed by atoms with E-state index in [2.05, 4.69) is 5.48 Å². The molecule has 1 amide bonds. The van der Waals surface area contributed by atoms with Crippen molar-refractivity contribution in [2.75, 3.05) is 0 Å². The predicted octanol–water partition coefficient (Wildman–Crippen LogP) is 4.77. The Morgan fingerprint density at radius 2 is 1.40 bits per heavy atom. The molecule has 0 aliphatic carbocycles. The first-order chi connectivity index (χ1) is 14.7. The van der Waals surface area contributed by atoms with Crippen molar-refractivity contribution < 1.29 is 19.2 Å². The van der Waals surface area contributed by atoms with Gasteiger partial charge in [-0.2, -0.15) is 5.48 Å². The highest BCUT2D eigenvalue weighted by atomic mass is 16.7. The third kappa shape index (κ3) is 4.23. The van der Waals surface area contributed by atoms with Crippen LogP contribution in [0.2, 0.25) is 0 Å². The maximum absolute atomic E-state index is 12.8. The van der Waals surface area contributed by atoms with E-state index in [0.717, 1.165) is 0 Å². The van der Waals surface area contributed by atoms with Crippen LogP contribution in [0, 0.1) is 0 Å². The van der Waals surface area contributed by atoms with E-state index < -0.39 is 11.9 Å². The Labute approximate surface area is 173 Å². The molecule has 0 saturated carbocycles. The standard InChI is InChI=1S/C24H18N2O4/c27-23(25-30-24(28)18-10-3-1-4-11-18)20-14-9-15-21(22(20)26-16-7-8-17-26)29-19-12-5-2-6-13-19/h1-17H,(H,25,27). The van der Waals surface area contributed by atoms with Gasteiger partial charge < -0.3 is 14.1 Å². The molecule has 0 aliphatic heterocycles. The van der Waals surface area contributed by atoms with Crippen LogP contribution in [0.4, 0.5) is 0 Å². The Balaban J connectivity index is 1.61. The number of carbonyl (C=O) groups excluding carboxylic acids is 2. The van der Waals surface area contributed by atoms with Crippen LogP contribution in [0.25, 0.3) is 5.69 Å². The number of nitrogens with zero attached hydrogens (tertiary/aromatic N) is 1. The highest BCUT2D eigenvalue weighted by Crippen LogP contribution is 2.31. The molecule has 0 fully saturated rings. The molecule has 1 heterocycles. The minimum absolute atomic E-state index is 0.292. The van der Waals surface area contributed by atoms with Crippen LogP contribution in [-0.4, -0.2) is 16.4 Å². The molecule has 0 spiro atoms. The quantitative estimate of drug-likeness (QED) is 0.492. The summed E-state index contributed by atoms with van der Waals surface area (Å²) in [6, 6.07) is 26.5. The second-order valence-electron chi connectivity index (χ2n) is 6.34. The topological polar surface area (TPSA) is 69.6 Å². The van der Waals surface area contributed by atoms with Gasteiger partial charge in [-0.3, -0.25) is 4.79 Å². The van der Waals surface area contributed by atoms with E-state index in [9.17, 15) is 9.59 Å². The Hall–Kier alpha value is -4.32. The molecule has 30 heavy (non-hydrogen) atoms. The van der Waals surface area contributed by atoms with Gasteiger partial charge in [-0.05, 0) is 48.5 Å². The fourth-order valence-corrected chi connectivity index (χ4v) is 2.93. The number of hydroxylamine groups is 1.